The fourth-order valence-electron chi connectivity index (χ4n) is 1.45. The SMILES string of the molecule is COc1cccc(NC(C)CN(C)C)n1. The molecule has 0 aliphatic heterocycles. The monoisotopic (exact) mass is 209 g/mol. The molecule has 1 heterocycles. The normalized spacial score (nSPS) is 12.6. The van der Waals surface area contributed by atoms with E-state index in [0.29, 0.717) is 11.9 Å². The van der Waals surface area contributed by atoms with E-state index >= 15 is 0 Å². The van der Waals surface area contributed by atoms with Crippen molar-refractivity contribution in [2.45, 2.75) is 13.0 Å². The van der Waals surface area contributed by atoms with Crippen LogP contribution in [0.5, 0.6) is 5.88 Å². The zero-order valence-electron chi connectivity index (χ0n) is 9.82. The molecule has 1 unspecified atom stereocenters. The minimum absolute atomic E-state index is 0.361. The standard InChI is InChI=1S/C11H19N3O/c1-9(8-14(2)3)12-10-6-5-7-11(13-10)15-4/h5-7,9H,8H2,1-4H3,(H,12,13). The lowest BCUT2D eigenvalue weighted by Crippen LogP contribution is -2.29. The molecule has 1 aromatic rings. The number of nitrogens with one attached hydrogen (secondary N) is 1. The molecule has 4 heteroatoms. The van der Waals surface area contributed by atoms with Crippen molar-refractivity contribution in [3.8, 4) is 5.88 Å². The van der Waals surface area contributed by atoms with Crippen LogP contribution in [-0.2, 0) is 0 Å². The molecule has 0 aliphatic rings. The lowest BCUT2D eigenvalue weighted by atomic mass is 10.3. The maximum atomic E-state index is 5.06. The maximum Gasteiger partial charge on any atom is 0.214 e. The van der Waals surface area contributed by atoms with E-state index in [1.165, 1.54) is 0 Å². The molecule has 0 amide bonds. The molecule has 0 saturated carbocycles. The highest BCUT2D eigenvalue weighted by molar-refractivity contribution is 5.37. The molecule has 15 heavy (non-hydrogen) atoms. The summed E-state index contributed by atoms with van der Waals surface area (Å²) in [5, 5.41) is 3.32. The van der Waals surface area contributed by atoms with Crippen LogP contribution in [0.15, 0.2) is 18.2 Å². The molecule has 1 N–H and O–H groups in total. The van der Waals surface area contributed by atoms with Gasteiger partial charge in [0.15, 0.2) is 0 Å². The number of hydrogen-bond donors (Lipinski definition) is 1. The van der Waals surface area contributed by atoms with Gasteiger partial charge in [0, 0.05) is 18.7 Å². The molecule has 0 radical (unpaired) electrons. The van der Waals surface area contributed by atoms with Crippen LogP contribution in [0.3, 0.4) is 0 Å². The van der Waals surface area contributed by atoms with Gasteiger partial charge in [-0.15, -0.1) is 0 Å². The van der Waals surface area contributed by atoms with E-state index in [-0.39, 0.29) is 0 Å². The summed E-state index contributed by atoms with van der Waals surface area (Å²) in [6, 6.07) is 6.06. The number of pyridine rings is 1. The molecule has 0 aliphatic carbocycles. The highest BCUT2D eigenvalue weighted by Gasteiger charge is 2.04. The first-order valence-corrected chi connectivity index (χ1v) is 5.04. The van der Waals surface area contributed by atoms with E-state index in [0.717, 1.165) is 12.4 Å². The Morgan fingerprint density at radius 1 is 1.47 bits per heavy atom. The largest absolute Gasteiger partial charge is 0.481 e. The van der Waals surface area contributed by atoms with Crippen LogP contribution in [-0.4, -0.2) is 43.7 Å². The lowest BCUT2D eigenvalue weighted by Gasteiger charge is -2.18. The van der Waals surface area contributed by atoms with Crippen LogP contribution < -0.4 is 10.1 Å². The smallest absolute Gasteiger partial charge is 0.214 e. The summed E-state index contributed by atoms with van der Waals surface area (Å²) < 4.78 is 5.06. The summed E-state index contributed by atoms with van der Waals surface area (Å²) >= 11 is 0. The Hall–Kier alpha value is -1.29. The number of rotatable bonds is 5. The van der Waals surface area contributed by atoms with E-state index in [1.54, 1.807) is 7.11 Å². The van der Waals surface area contributed by atoms with Gasteiger partial charge in [0.2, 0.25) is 5.88 Å². The van der Waals surface area contributed by atoms with Crippen LogP contribution >= 0.6 is 0 Å². The van der Waals surface area contributed by atoms with E-state index in [1.807, 2.05) is 18.2 Å². The number of methoxy groups -OCH3 is 1. The third kappa shape index (κ3) is 4.16. The van der Waals surface area contributed by atoms with Crippen LogP contribution in [0.4, 0.5) is 5.82 Å². The number of nitrogens with zero attached hydrogens (tertiary/aromatic N) is 2. The van der Waals surface area contributed by atoms with Gasteiger partial charge in [-0.2, -0.15) is 4.98 Å². The first kappa shape index (κ1) is 11.8. The van der Waals surface area contributed by atoms with Gasteiger partial charge in [0.05, 0.1) is 7.11 Å². The Balaban J connectivity index is 2.55. The molecule has 0 saturated heterocycles. The molecule has 0 aromatic carbocycles. The molecule has 4 nitrogen and oxygen atoms in total. The summed E-state index contributed by atoms with van der Waals surface area (Å²) in [5.74, 6) is 1.49. The molecule has 1 aromatic heterocycles. The molecule has 0 spiro atoms. The number of ether oxygens (including phenoxy) is 1. The highest BCUT2D eigenvalue weighted by Crippen LogP contribution is 2.11. The van der Waals surface area contributed by atoms with Gasteiger partial charge in [0.25, 0.3) is 0 Å². The van der Waals surface area contributed by atoms with Crippen molar-refractivity contribution in [1.82, 2.24) is 9.88 Å². The van der Waals surface area contributed by atoms with Crippen molar-refractivity contribution in [2.75, 3.05) is 33.1 Å². The summed E-state index contributed by atoms with van der Waals surface area (Å²) in [7, 11) is 5.73. The van der Waals surface area contributed by atoms with Gasteiger partial charge in [-0.1, -0.05) is 6.07 Å². The lowest BCUT2D eigenvalue weighted by molar-refractivity contribution is 0.389. The van der Waals surface area contributed by atoms with E-state index in [2.05, 4.69) is 36.2 Å². The van der Waals surface area contributed by atoms with Crippen molar-refractivity contribution in [3.63, 3.8) is 0 Å². The van der Waals surface area contributed by atoms with Crippen LogP contribution in [0.2, 0.25) is 0 Å². The van der Waals surface area contributed by atoms with Crippen molar-refractivity contribution in [2.24, 2.45) is 0 Å². The Bertz CT molecular complexity index is 302. The second-order valence-electron chi connectivity index (χ2n) is 3.87. The summed E-state index contributed by atoms with van der Waals surface area (Å²) in [6.45, 7) is 3.10. The molecule has 84 valence electrons. The Morgan fingerprint density at radius 3 is 2.80 bits per heavy atom. The second-order valence-corrected chi connectivity index (χ2v) is 3.87. The Labute approximate surface area is 91.3 Å². The average molecular weight is 209 g/mol. The highest BCUT2D eigenvalue weighted by atomic mass is 16.5. The first-order valence-electron chi connectivity index (χ1n) is 5.04. The number of hydrogen-bond acceptors (Lipinski definition) is 4. The molecule has 0 fully saturated rings. The third-order valence-electron chi connectivity index (χ3n) is 1.97. The van der Waals surface area contributed by atoms with Crippen LogP contribution in [0.1, 0.15) is 6.92 Å². The van der Waals surface area contributed by atoms with Crippen molar-refractivity contribution >= 4 is 5.82 Å². The average Bonchev–Trinajstić information content (AvgIpc) is 2.16. The van der Waals surface area contributed by atoms with E-state index in [4.69, 9.17) is 4.74 Å². The van der Waals surface area contributed by atoms with Gasteiger partial charge in [0.1, 0.15) is 5.82 Å². The summed E-state index contributed by atoms with van der Waals surface area (Å²) in [4.78, 5) is 6.42. The topological polar surface area (TPSA) is 37.4 Å². The Morgan fingerprint density at radius 2 is 2.20 bits per heavy atom. The Kier molecular flexibility index (Phi) is 4.37. The maximum absolute atomic E-state index is 5.06. The number of likely N-dealkylation sites (N-methyl/N-ethyl adjacent to an activating group) is 1. The fourth-order valence-corrected chi connectivity index (χ4v) is 1.45. The predicted molar refractivity (Wildman–Crippen MR) is 62.4 cm³/mol. The second kappa shape index (κ2) is 5.56. The van der Waals surface area contributed by atoms with Crippen LogP contribution in [0.25, 0.3) is 0 Å². The zero-order chi connectivity index (χ0) is 11.3. The van der Waals surface area contributed by atoms with Gasteiger partial charge in [-0.25, -0.2) is 0 Å². The summed E-state index contributed by atoms with van der Waals surface area (Å²) in [6.07, 6.45) is 0. The minimum Gasteiger partial charge on any atom is -0.481 e. The van der Waals surface area contributed by atoms with Crippen molar-refractivity contribution in [3.05, 3.63) is 18.2 Å². The van der Waals surface area contributed by atoms with Crippen molar-refractivity contribution in [1.29, 1.82) is 0 Å². The van der Waals surface area contributed by atoms with Crippen molar-refractivity contribution < 1.29 is 4.74 Å². The molecular formula is C11H19N3O. The van der Waals surface area contributed by atoms with Gasteiger partial charge in [-0.05, 0) is 27.1 Å². The zero-order valence-corrected chi connectivity index (χ0v) is 9.82. The quantitative estimate of drug-likeness (QED) is 0.796. The molecular weight excluding hydrogens is 190 g/mol. The van der Waals surface area contributed by atoms with E-state index < -0.39 is 0 Å². The minimum atomic E-state index is 0.361. The third-order valence-corrected chi connectivity index (χ3v) is 1.97. The van der Waals surface area contributed by atoms with Gasteiger partial charge in [-0.3, -0.25) is 0 Å². The fraction of sp³-hybridized carbons (Fsp3) is 0.545. The van der Waals surface area contributed by atoms with E-state index in [9.17, 15) is 0 Å². The molecule has 0 bridgehead atoms. The number of anilines is 1. The van der Waals surface area contributed by atoms with Gasteiger partial charge < -0.3 is 15.0 Å². The van der Waals surface area contributed by atoms with Gasteiger partial charge >= 0.3 is 0 Å². The summed E-state index contributed by atoms with van der Waals surface area (Å²) in [5.41, 5.74) is 0. The predicted octanol–water partition coefficient (Wildman–Crippen LogP) is 1.45. The van der Waals surface area contributed by atoms with Crippen LogP contribution in [0, 0.1) is 0 Å². The molecule has 1 rings (SSSR count). The first-order chi connectivity index (χ1) is 7.11. The molecule has 1 atom stereocenters. The number of aromatic nitrogens is 1.